The van der Waals surface area contributed by atoms with Gasteiger partial charge in [-0.1, -0.05) is 19.1 Å². The fourth-order valence-electron chi connectivity index (χ4n) is 1.51. The third-order valence-corrected chi connectivity index (χ3v) is 2.25. The molecule has 1 aliphatic carbocycles. The van der Waals surface area contributed by atoms with Crippen LogP contribution in [0.2, 0.25) is 0 Å². The molecule has 56 valence electrons. The largest absolute Gasteiger partial charge is 0.303 e. The van der Waals surface area contributed by atoms with Gasteiger partial charge in [-0.3, -0.25) is 0 Å². The Morgan fingerprint density at radius 2 is 2.60 bits per heavy atom. The van der Waals surface area contributed by atoms with Crippen molar-refractivity contribution in [1.82, 2.24) is 0 Å². The van der Waals surface area contributed by atoms with E-state index in [4.69, 9.17) is 0 Å². The molecule has 0 aromatic carbocycles. The van der Waals surface area contributed by atoms with E-state index in [9.17, 15) is 4.79 Å². The fourth-order valence-corrected chi connectivity index (χ4v) is 1.51. The van der Waals surface area contributed by atoms with Crippen molar-refractivity contribution in [2.75, 3.05) is 0 Å². The molecule has 0 heterocycles. The Bertz CT molecular complexity index is 138. The van der Waals surface area contributed by atoms with Gasteiger partial charge in [-0.15, -0.1) is 0 Å². The van der Waals surface area contributed by atoms with E-state index in [1.807, 2.05) is 0 Å². The Balaban J connectivity index is 2.44. The Hall–Kier alpha value is -0.590. The number of carbonyl (C=O) groups is 1. The number of allylic oxidation sites excluding steroid dienone is 2. The molecule has 1 heteroatoms. The number of hydrogen-bond donors (Lipinski definition) is 0. The lowest BCUT2D eigenvalue weighted by atomic mass is 9.91. The second-order valence-electron chi connectivity index (χ2n) is 2.88. The van der Waals surface area contributed by atoms with Crippen LogP contribution in [0.15, 0.2) is 12.2 Å². The highest BCUT2D eigenvalue weighted by atomic mass is 16.1. The molecule has 0 fully saturated rings. The molecule has 1 aliphatic rings. The highest BCUT2D eigenvalue weighted by Gasteiger charge is 2.18. The second kappa shape index (κ2) is 3.55. The number of hydrogen-bond acceptors (Lipinski definition) is 1. The smallest absolute Gasteiger partial charge is 0.123 e. The third kappa shape index (κ3) is 1.47. The summed E-state index contributed by atoms with van der Waals surface area (Å²) in [5.41, 5.74) is 0. The van der Waals surface area contributed by atoms with Crippen molar-refractivity contribution in [3.8, 4) is 0 Å². The summed E-state index contributed by atoms with van der Waals surface area (Å²) >= 11 is 0. The van der Waals surface area contributed by atoms with Gasteiger partial charge in [-0.05, 0) is 25.2 Å². The Morgan fingerprint density at radius 1 is 1.80 bits per heavy atom. The Labute approximate surface area is 62.1 Å². The van der Waals surface area contributed by atoms with Crippen molar-refractivity contribution in [2.24, 2.45) is 11.8 Å². The average molecular weight is 138 g/mol. The minimum atomic E-state index is 0.277. The first-order chi connectivity index (χ1) is 4.88. The molecule has 0 aromatic rings. The van der Waals surface area contributed by atoms with Crippen molar-refractivity contribution in [3.63, 3.8) is 0 Å². The SMILES string of the molecule is CCC(C=O)C1C=CCC1. The molecule has 0 saturated heterocycles. The second-order valence-corrected chi connectivity index (χ2v) is 2.88. The molecule has 2 unspecified atom stereocenters. The van der Waals surface area contributed by atoms with Gasteiger partial charge in [0, 0.05) is 5.92 Å². The van der Waals surface area contributed by atoms with Crippen LogP contribution in [0.3, 0.4) is 0 Å². The van der Waals surface area contributed by atoms with Crippen LogP contribution in [0, 0.1) is 11.8 Å². The molecule has 0 amide bonds. The van der Waals surface area contributed by atoms with Gasteiger partial charge in [0.15, 0.2) is 0 Å². The maximum absolute atomic E-state index is 10.5. The zero-order valence-electron chi connectivity index (χ0n) is 6.42. The Kier molecular flexibility index (Phi) is 2.67. The Morgan fingerprint density at radius 3 is 3.00 bits per heavy atom. The zero-order chi connectivity index (χ0) is 7.40. The maximum atomic E-state index is 10.5. The summed E-state index contributed by atoms with van der Waals surface area (Å²) in [4.78, 5) is 10.5. The summed E-state index contributed by atoms with van der Waals surface area (Å²) in [5.74, 6) is 0.821. The van der Waals surface area contributed by atoms with Crippen LogP contribution in [-0.2, 0) is 4.79 Å². The molecular weight excluding hydrogens is 124 g/mol. The summed E-state index contributed by atoms with van der Waals surface area (Å²) in [6.45, 7) is 2.07. The molecule has 10 heavy (non-hydrogen) atoms. The molecule has 1 rings (SSSR count). The lowest BCUT2D eigenvalue weighted by molar-refractivity contribution is -0.112. The highest BCUT2D eigenvalue weighted by Crippen LogP contribution is 2.25. The summed E-state index contributed by atoms with van der Waals surface area (Å²) in [7, 11) is 0. The van der Waals surface area contributed by atoms with Gasteiger partial charge < -0.3 is 4.79 Å². The molecule has 0 spiro atoms. The van der Waals surface area contributed by atoms with Crippen LogP contribution in [0.4, 0.5) is 0 Å². The first-order valence-electron chi connectivity index (χ1n) is 4.00. The van der Waals surface area contributed by atoms with Crippen LogP contribution < -0.4 is 0 Å². The third-order valence-electron chi connectivity index (χ3n) is 2.25. The monoisotopic (exact) mass is 138 g/mol. The predicted octanol–water partition coefficient (Wildman–Crippen LogP) is 2.18. The van der Waals surface area contributed by atoms with Crippen molar-refractivity contribution in [3.05, 3.63) is 12.2 Å². The predicted molar refractivity (Wildman–Crippen MR) is 41.7 cm³/mol. The summed E-state index contributed by atoms with van der Waals surface area (Å²) in [6, 6.07) is 0. The van der Waals surface area contributed by atoms with E-state index in [2.05, 4.69) is 19.1 Å². The van der Waals surface area contributed by atoms with Crippen LogP contribution in [-0.4, -0.2) is 6.29 Å². The van der Waals surface area contributed by atoms with E-state index in [0.29, 0.717) is 5.92 Å². The van der Waals surface area contributed by atoms with Crippen molar-refractivity contribution in [1.29, 1.82) is 0 Å². The van der Waals surface area contributed by atoms with E-state index >= 15 is 0 Å². The molecule has 0 saturated carbocycles. The summed E-state index contributed by atoms with van der Waals surface area (Å²) < 4.78 is 0. The van der Waals surface area contributed by atoms with Gasteiger partial charge in [0.2, 0.25) is 0 Å². The van der Waals surface area contributed by atoms with E-state index < -0.39 is 0 Å². The number of aldehydes is 1. The highest BCUT2D eigenvalue weighted by molar-refractivity contribution is 5.54. The molecule has 0 N–H and O–H groups in total. The first kappa shape index (κ1) is 7.52. The van der Waals surface area contributed by atoms with Crippen LogP contribution >= 0.6 is 0 Å². The van der Waals surface area contributed by atoms with E-state index in [1.54, 1.807) is 0 Å². The molecular formula is C9H14O. The molecule has 1 nitrogen and oxygen atoms in total. The van der Waals surface area contributed by atoms with E-state index in [0.717, 1.165) is 19.1 Å². The zero-order valence-corrected chi connectivity index (χ0v) is 6.42. The topological polar surface area (TPSA) is 17.1 Å². The number of rotatable bonds is 3. The quantitative estimate of drug-likeness (QED) is 0.431. The van der Waals surface area contributed by atoms with Crippen LogP contribution in [0.5, 0.6) is 0 Å². The summed E-state index contributed by atoms with van der Waals surface area (Å²) in [5, 5.41) is 0. The van der Waals surface area contributed by atoms with Crippen LogP contribution in [0.1, 0.15) is 26.2 Å². The molecule has 2 atom stereocenters. The fraction of sp³-hybridized carbons (Fsp3) is 0.667. The van der Waals surface area contributed by atoms with Gasteiger partial charge in [0.1, 0.15) is 6.29 Å². The van der Waals surface area contributed by atoms with E-state index in [1.165, 1.54) is 6.42 Å². The first-order valence-corrected chi connectivity index (χ1v) is 4.00. The number of carbonyl (C=O) groups excluding carboxylic acids is 1. The molecule has 0 bridgehead atoms. The minimum Gasteiger partial charge on any atom is -0.303 e. The molecule has 0 radical (unpaired) electrons. The lowest BCUT2D eigenvalue weighted by Gasteiger charge is -2.12. The lowest BCUT2D eigenvalue weighted by Crippen LogP contribution is -2.10. The molecule has 0 aromatic heterocycles. The van der Waals surface area contributed by atoms with Gasteiger partial charge in [-0.2, -0.15) is 0 Å². The maximum Gasteiger partial charge on any atom is 0.123 e. The average Bonchev–Trinajstić information content (AvgIpc) is 2.43. The van der Waals surface area contributed by atoms with Gasteiger partial charge >= 0.3 is 0 Å². The normalized spacial score (nSPS) is 26.7. The van der Waals surface area contributed by atoms with Crippen molar-refractivity contribution < 1.29 is 4.79 Å². The van der Waals surface area contributed by atoms with Gasteiger partial charge in [0.05, 0.1) is 0 Å². The van der Waals surface area contributed by atoms with E-state index in [-0.39, 0.29) is 5.92 Å². The van der Waals surface area contributed by atoms with Crippen LogP contribution in [0.25, 0.3) is 0 Å². The van der Waals surface area contributed by atoms with Gasteiger partial charge in [-0.25, -0.2) is 0 Å². The summed E-state index contributed by atoms with van der Waals surface area (Å²) in [6.07, 6.45) is 8.78. The molecule has 0 aliphatic heterocycles. The standard InChI is InChI=1S/C9H14O/c1-2-8(7-10)9-5-3-4-6-9/h3,5,7-9H,2,4,6H2,1H3. The van der Waals surface area contributed by atoms with Gasteiger partial charge in [0.25, 0.3) is 0 Å². The van der Waals surface area contributed by atoms with Crippen molar-refractivity contribution in [2.45, 2.75) is 26.2 Å². The van der Waals surface area contributed by atoms with Crippen molar-refractivity contribution >= 4 is 6.29 Å². The minimum absolute atomic E-state index is 0.277.